The third-order valence-corrected chi connectivity index (χ3v) is 4.78. The molecule has 0 atom stereocenters. The second kappa shape index (κ2) is 10.7. The number of piperazine rings is 1. The maximum absolute atomic E-state index is 13.9. The molecule has 1 aliphatic heterocycles. The van der Waals surface area contributed by atoms with Crippen molar-refractivity contribution >= 4 is 11.6 Å². The number of nitrogens with one attached hydrogen (secondary N) is 1. The second-order valence-electron chi connectivity index (χ2n) is 6.92. The van der Waals surface area contributed by atoms with E-state index in [4.69, 9.17) is 13.9 Å². The van der Waals surface area contributed by atoms with E-state index < -0.39 is 0 Å². The van der Waals surface area contributed by atoms with Crippen LogP contribution in [-0.4, -0.2) is 63.9 Å². The number of anilines is 1. The maximum Gasteiger partial charge on any atom is 0.258 e. The van der Waals surface area contributed by atoms with E-state index in [0.717, 1.165) is 13.1 Å². The Morgan fingerprint density at radius 2 is 2.00 bits per heavy atom. The fraction of sp³-hybridized carbons (Fsp3) is 0.429. The van der Waals surface area contributed by atoms with E-state index >= 15 is 0 Å². The van der Waals surface area contributed by atoms with E-state index in [1.54, 1.807) is 19.2 Å². The summed E-state index contributed by atoms with van der Waals surface area (Å²) in [5.41, 5.74) is 0.266. The largest absolute Gasteiger partial charge is 0.477 e. The molecular weight excluding hydrogens is 393 g/mol. The highest BCUT2D eigenvalue weighted by molar-refractivity contribution is 5.77. The van der Waals surface area contributed by atoms with Crippen LogP contribution in [0.15, 0.2) is 45.8 Å². The summed E-state index contributed by atoms with van der Waals surface area (Å²) >= 11 is 0. The molecule has 30 heavy (non-hydrogen) atoms. The molecule has 0 spiro atoms. The molecule has 1 aromatic carbocycles. The van der Waals surface area contributed by atoms with Crippen LogP contribution in [0.4, 0.5) is 10.1 Å². The SMILES string of the molecule is COCCNC(=O)COc1coc(CN2CCN(c3ccccc3F)CC2)cc1=O. The molecule has 8 nitrogen and oxygen atoms in total. The maximum atomic E-state index is 13.9. The summed E-state index contributed by atoms with van der Waals surface area (Å²) in [6.07, 6.45) is 1.23. The lowest BCUT2D eigenvalue weighted by atomic mass is 10.2. The van der Waals surface area contributed by atoms with Gasteiger partial charge in [0.25, 0.3) is 5.91 Å². The number of carbonyl (C=O) groups excluding carboxylic acids is 1. The number of methoxy groups -OCH3 is 1. The van der Waals surface area contributed by atoms with Crippen molar-refractivity contribution in [1.29, 1.82) is 0 Å². The molecule has 1 aliphatic rings. The van der Waals surface area contributed by atoms with Crippen molar-refractivity contribution in [2.24, 2.45) is 0 Å². The van der Waals surface area contributed by atoms with Crippen LogP contribution in [0.2, 0.25) is 0 Å². The Balaban J connectivity index is 1.47. The van der Waals surface area contributed by atoms with Gasteiger partial charge in [-0.3, -0.25) is 14.5 Å². The van der Waals surface area contributed by atoms with E-state index in [0.29, 0.717) is 44.2 Å². The first-order chi connectivity index (χ1) is 14.6. The van der Waals surface area contributed by atoms with Gasteiger partial charge in [-0.05, 0) is 12.1 Å². The minimum absolute atomic E-state index is 0.00925. The normalized spacial score (nSPS) is 14.5. The van der Waals surface area contributed by atoms with Gasteiger partial charge in [0, 0.05) is 45.9 Å². The minimum atomic E-state index is -0.344. The molecule has 0 bridgehead atoms. The number of hydrogen-bond acceptors (Lipinski definition) is 7. The van der Waals surface area contributed by atoms with Crippen molar-refractivity contribution in [2.75, 3.05) is 57.9 Å². The van der Waals surface area contributed by atoms with Crippen LogP contribution in [0.5, 0.6) is 5.75 Å². The van der Waals surface area contributed by atoms with Crippen LogP contribution >= 0.6 is 0 Å². The summed E-state index contributed by atoms with van der Waals surface area (Å²) in [6, 6.07) is 8.12. The molecule has 1 aromatic heterocycles. The molecule has 1 N–H and O–H groups in total. The predicted molar refractivity (Wildman–Crippen MR) is 109 cm³/mol. The zero-order valence-corrected chi connectivity index (χ0v) is 16.9. The first-order valence-corrected chi connectivity index (χ1v) is 9.79. The second-order valence-corrected chi connectivity index (χ2v) is 6.92. The van der Waals surface area contributed by atoms with E-state index in [2.05, 4.69) is 10.2 Å². The van der Waals surface area contributed by atoms with Gasteiger partial charge in [-0.2, -0.15) is 0 Å². The number of carbonyl (C=O) groups is 1. The Kier molecular flexibility index (Phi) is 7.81. The summed E-state index contributed by atoms with van der Waals surface area (Å²) < 4.78 is 29.5. The average molecular weight is 419 g/mol. The molecule has 2 heterocycles. The van der Waals surface area contributed by atoms with Gasteiger partial charge in [-0.25, -0.2) is 4.39 Å². The topological polar surface area (TPSA) is 84.2 Å². The lowest BCUT2D eigenvalue weighted by molar-refractivity contribution is -0.123. The van der Waals surface area contributed by atoms with Gasteiger partial charge in [0.05, 0.1) is 18.8 Å². The van der Waals surface area contributed by atoms with Gasteiger partial charge in [-0.15, -0.1) is 0 Å². The summed E-state index contributed by atoms with van der Waals surface area (Å²) in [5, 5.41) is 2.60. The first-order valence-electron chi connectivity index (χ1n) is 9.79. The molecule has 3 rings (SSSR count). The highest BCUT2D eigenvalue weighted by Crippen LogP contribution is 2.20. The van der Waals surface area contributed by atoms with Gasteiger partial charge in [-0.1, -0.05) is 12.1 Å². The zero-order chi connectivity index (χ0) is 21.3. The van der Waals surface area contributed by atoms with Crippen molar-refractivity contribution in [2.45, 2.75) is 6.54 Å². The van der Waals surface area contributed by atoms with E-state index in [1.165, 1.54) is 18.4 Å². The number of ether oxygens (including phenoxy) is 2. The molecule has 2 aromatic rings. The number of amides is 1. The fourth-order valence-corrected chi connectivity index (χ4v) is 3.19. The number of benzene rings is 1. The first kappa shape index (κ1) is 21.8. The van der Waals surface area contributed by atoms with Gasteiger partial charge < -0.3 is 24.1 Å². The van der Waals surface area contributed by atoms with Gasteiger partial charge >= 0.3 is 0 Å². The van der Waals surface area contributed by atoms with Crippen molar-refractivity contribution in [3.63, 3.8) is 0 Å². The van der Waals surface area contributed by atoms with Crippen molar-refractivity contribution < 1.29 is 23.1 Å². The quantitative estimate of drug-likeness (QED) is 0.613. The Labute approximate surface area is 174 Å². The third-order valence-electron chi connectivity index (χ3n) is 4.78. The van der Waals surface area contributed by atoms with Crippen LogP contribution in [0.25, 0.3) is 0 Å². The van der Waals surface area contributed by atoms with Crippen molar-refractivity contribution in [3.05, 3.63) is 58.4 Å². The molecule has 1 saturated heterocycles. The molecule has 0 radical (unpaired) electrons. The van der Waals surface area contributed by atoms with E-state index in [-0.39, 0.29) is 29.5 Å². The molecule has 162 valence electrons. The summed E-state index contributed by atoms with van der Waals surface area (Å²) in [5.74, 6) is -0.0654. The molecule has 0 aliphatic carbocycles. The van der Waals surface area contributed by atoms with Crippen molar-refractivity contribution in [3.8, 4) is 5.75 Å². The van der Waals surface area contributed by atoms with Crippen molar-refractivity contribution in [1.82, 2.24) is 10.2 Å². The summed E-state index contributed by atoms with van der Waals surface area (Å²) in [4.78, 5) is 28.0. The monoisotopic (exact) mass is 419 g/mol. The highest BCUT2D eigenvalue weighted by Gasteiger charge is 2.20. The molecule has 1 fully saturated rings. The number of nitrogens with zero attached hydrogens (tertiary/aromatic N) is 2. The van der Waals surface area contributed by atoms with Gasteiger partial charge in [0.15, 0.2) is 6.61 Å². The predicted octanol–water partition coefficient (Wildman–Crippen LogP) is 1.24. The number of para-hydroxylation sites is 1. The Morgan fingerprint density at radius 1 is 1.23 bits per heavy atom. The van der Waals surface area contributed by atoms with E-state index in [9.17, 15) is 14.0 Å². The van der Waals surface area contributed by atoms with E-state index in [1.807, 2.05) is 11.0 Å². The highest BCUT2D eigenvalue weighted by atomic mass is 19.1. The molecule has 0 unspecified atom stereocenters. The standard InChI is InChI=1S/C21H26FN3O5/c1-28-11-6-23-21(27)15-30-20-14-29-16(12-19(20)26)13-24-7-9-25(10-8-24)18-5-3-2-4-17(18)22/h2-5,12,14H,6-11,13,15H2,1H3,(H,23,27). The van der Waals surface area contributed by atoms with Crippen LogP contribution in [0, 0.1) is 5.82 Å². The number of rotatable bonds is 9. The summed E-state index contributed by atoms with van der Waals surface area (Å²) in [6.45, 7) is 3.78. The smallest absolute Gasteiger partial charge is 0.258 e. The lowest BCUT2D eigenvalue weighted by Gasteiger charge is -2.35. The fourth-order valence-electron chi connectivity index (χ4n) is 3.19. The lowest BCUT2D eigenvalue weighted by Crippen LogP contribution is -2.46. The number of hydrogen-bond donors (Lipinski definition) is 1. The summed E-state index contributed by atoms with van der Waals surface area (Å²) in [7, 11) is 1.54. The number of halogens is 1. The Morgan fingerprint density at radius 3 is 2.70 bits per heavy atom. The zero-order valence-electron chi connectivity index (χ0n) is 16.9. The van der Waals surface area contributed by atoms with Gasteiger partial charge in [0.1, 0.15) is 17.8 Å². The van der Waals surface area contributed by atoms with Crippen LogP contribution in [0.3, 0.4) is 0 Å². The van der Waals surface area contributed by atoms with Crippen LogP contribution in [-0.2, 0) is 16.1 Å². The van der Waals surface area contributed by atoms with Crippen LogP contribution < -0.4 is 20.4 Å². The molecule has 1 amide bonds. The molecule has 9 heteroatoms. The molecular formula is C21H26FN3O5. The molecule has 0 saturated carbocycles. The minimum Gasteiger partial charge on any atom is -0.477 e. The Hall–Kier alpha value is -2.91. The van der Waals surface area contributed by atoms with Gasteiger partial charge in [0.2, 0.25) is 11.2 Å². The van der Waals surface area contributed by atoms with Crippen LogP contribution in [0.1, 0.15) is 5.76 Å². The Bertz CT molecular complexity index is 896. The average Bonchev–Trinajstić information content (AvgIpc) is 2.74. The third kappa shape index (κ3) is 6.04.